The summed E-state index contributed by atoms with van der Waals surface area (Å²) in [5.74, 6) is 0.780. The molecule has 0 fully saturated rings. The van der Waals surface area contributed by atoms with Crippen molar-refractivity contribution in [3.63, 3.8) is 0 Å². The summed E-state index contributed by atoms with van der Waals surface area (Å²) in [6.45, 7) is 3.40. The molecule has 0 radical (unpaired) electrons. The molecule has 0 bridgehead atoms. The van der Waals surface area contributed by atoms with Crippen molar-refractivity contribution in [2.75, 3.05) is 6.54 Å². The van der Waals surface area contributed by atoms with Crippen molar-refractivity contribution in [3.05, 3.63) is 53.4 Å². The minimum atomic E-state index is -0.133. The SMILES string of the molecule is Cc1ncc(CNCCc2ccccc2F)[nH]1. The van der Waals surface area contributed by atoms with Crippen molar-refractivity contribution in [2.45, 2.75) is 19.9 Å². The van der Waals surface area contributed by atoms with Gasteiger partial charge in [0.2, 0.25) is 0 Å². The van der Waals surface area contributed by atoms with Gasteiger partial charge in [-0.25, -0.2) is 9.37 Å². The summed E-state index contributed by atoms with van der Waals surface area (Å²) in [6.07, 6.45) is 2.51. The molecule has 17 heavy (non-hydrogen) atoms. The number of halogens is 1. The molecule has 0 saturated heterocycles. The lowest BCUT2D eigenvalue weighted by molar-refractivity contribution is 0.596. The molecule has 0 spiro atoms. The van der Waals surface area contributed by atoms with Gasteiger partial charge < -0.3 is 10.3 Å². The number of nitrogens with zero attached hydrogens (tertiary/aromatic N) is 1. The van der Waals surface area contributed by atoms with Gasteiger partial charge in [-0.3, -0.25) is 0 Å². The Balaban J connectivity index is 1.75. The fraction of sp³-hybridized carbons (Fsp3) is 0.308. The van der Waals surface area contributed by atoms with Gasteiger partial charge in [0.15, 0.2) is 0 Å². The number of aromatic amines is 1. The second kappa shape index (κ2) is 5.59. The van der Waals surface area contributed by atoms with E-state index in [1.807, 2.05) is 25.3 Å². The highest BCUT2D eigenvalue weighted by atomic mass is 19.1. The largest absolute Gasteiger partial charge is 0.345 e. The van der Waals surface area contributed by atoms with Crippen molar-refractivity contribution >= 4 is 0 Å². The number of hydrogen-bond acceptors (Lipinski definition) is 2. The molecule has 90 valence electrons. The van der Waals surface area contributed by atoms with Crippen molar-refractivity contribution in [1.29, 1.82) is 0 Å². The van der Waals surface area contributed by atoms with Crippen LogP contribution < -0.4 is 5.32 Å². The van der Waals surface area contributed by atoms with Crippen LogP contribution in [0.3, 0.4) is 0 Å². The molecule has 0 amide bonds. The maximum atomic E-state index is 13.3. The van der Waals surface area contributed by atoms with Crippen LogP contribution in [-0.4, -0.2) is 16.5 Å². The smallest absolute Gasteiger partial charge is 0.126 e. The third-order valence-corrected chi connectivity index (χ3v) is 2.60. The average molecular weight is 233 g/mol. The molecule has 0 unspecified atom stereocenters. The lowest BCUT2D eigenvalue weighted by atomic mass is 10.1. The van der Waals surface area contributed by atoms with E-state index in [-0.39, 0.29) is 5.82 Å². The summed E-state index contributed by atoms with van der Waals surface area (Å²) in [7, 11) is 0. The zero-order valence-corrected chi connectivity index (χ0v) is 9.83. The number of H-pyrrole nitrogens is 1. The van der Waals surface area contributed by atoms with Crippen LogP contribution >= 0.6 is 0 Å². The van der Waals surface area contributed by atoms with Crippen LogP contribution in [-0.2, 0) is 13.0 Å². The van der Waals surface area contributed by atoms with E-state index in [1.165, 1.54) is 6.07 Å². The van der Waals surface area contributed by atoms with Crippen molar-refractivity contribution < 1.29 is 4.39 Å². The van der Waals surface area contributed by atoms with Crippen molar-refractivity contribution in [1.82, 2.24) is 15.3 Å². The second-order valence-electron chi connectivity index (χ2n) is 4.01. The Morgan fingerprint density at radius 1 is 1.35 bits per heavy atom. The average Bonchev–Trinajstić information content (AvgIpc) is 2.73. The number of imidazole rings is 1. The molecular weight excluding hydrogens is 217 g/mol. The van der Waals surface area contributed by atoms with Crippen LogP contribution in [0.5, 0.6) is 0 Å². The van der Waals surface area contributed by atoms with Gasteiger partial charge in [0.1, 0.15) is 11.6 Å². The van der Waals surface area contributed by atoms with E-state index in [9.17, 15) is 4.39 Å². The minimum Gasteiger partial charge on any atom is -0.345 e. The topological polar surface area (TPSA) is 40.7 Å². The Hall–Kier alpha value is -1.68. The molecule has 2 rings (SSSR count). The zero-order chi connectivity index (χ0) is 12.1. The molecule has 1 heterocycles. The molecule has 0 atom stereocenters. The van der Waals surface area contributed by atoms with Gasteiger partial charge in [-0.2, -0.15) is 0 Å². The Morgan fingerprint density at radius 2 is 2.18 bits per heavy atom. The van der Waals surface area contributed by atoms with E-state index < -0.39 is 0 Å². The third kappa shape index (κ3) is 3.39. The van der Waals surface area contributed by atoms with Crippen LogP contribution in [0.1, 0.15) is 17.1 Å². The third-order valence-electron chi connectivity index (χ3n) is 2.60. The quantitative estimate of drug-likeness (QED) is 0.777. The lowest BCUT2D eigenvalue weighted by Crippen LogP contribution is -2.17. The fourth-order valence-electron chi connectivity index (χ4n) is 1.71. The van der Waals surface area contributed by atoms with E-state index in [1.54, 1.807) is 6.07 Å². The Morgan fingerprint density at radius 3 is 2.88 bits per heavy atom. The van der Waals surface area contributed by atoms with E-state index in [4.69, 9.17) is 0 Å². The number of aromatic nitrogens is 2. The number of benzene rings is 1. The predicted molar refractivity (Wildman–Crippen MR) is 65.1 cm³/mol. The van der Waals surface area contributed by atoms with Gasteiger partial charge in [0.05, 0.1) is 0 Å². The van der Waals surface area contributed by atoms with Gasteiger partial charge in [-0.15, -0.1) is 0 Å². The Labute approximate surface area is 100 Å². The molecular formula is C13H16FN3. The summed E-state index contributed by atoms with van der Waals surface area (Å²) in [5.41, 5.74) is 1.80. The van der Waals surface area contributed by atoms with E-state index in [0.29, 0.717) is 6.42 Å². The molecule has 3 nitrogen and oxygen atoms in total. The zero-order valence-electron chi connectivity index (χ0n) is 9.83. The molecule has 0 saturated carbocycles. The van der Waals surface area contributed by atoms with Crippen molar-refractivity contribution in [2.24, 2.45) is 0 Å². The van der Waals surface area contributed by atoms with Crippen LogP contribution in [0.2, 0.25) is 0 Å². The number of hydrogen-bond donors (Lipinski definition) is 2. The predicted octanol–water partition coefficient (Wildman–Crippen LogP) is 2.19. The molecule has 0 aliphatic rings. The number of aryl methyl sites for hydroxylation is 1. The van der Waals surface area contributed by atoms with Crippen LogP contribution in [0, 0.1) is 12.7 Å². The van der Waals surface area contributed by atoms with Gasteiger partial charge in [-0.05, 0) is 31.5 Å². The van der Waals surface area contributed by atoms with Crippen LogP contribution in [0.15, 0.2) is 30.5 Å². The minimum absolute atomic E-state index is 0.133. The second-order valence-corrected chi connectivity index (χ2v) is 4.01. The number of nitrogens with one attached hydrogen (secondary N) is 2. The first-order chi connectivity index (χ1) is 8.25. The molecule has 2 aromatic rings. The molecule has 0 aliphatic carbocycles. The maximum absolute atomic E-state index is 13.3. The monoisotopic (exact) mass is 233 g/mol. The summed E-state index contributed by atoms with van der Waals surface area (Å²) in [4.78, 5) is 7.25. The normalized spacial score (nSPS) is 10.7. The summed E-state index contributed by atoms with van der Waals surface area (Å²) in [5, 5.41) is 3.25. The molecule has 1 aromatic heterocycles. The van der Waals surface area contributed by atoms with Gasteiger partial charge in [0.25, 0.3) is 0 Å². The van der Waals surface area contributed by atoms with Gasteiger partial charge in [0, 0.05) is 18.4 Å². The lowest BCUT2D eigenvalue weighted by Gasteiger charge is -2.04. The molecule has 1 aromatic carbocycles. The highest BCUT2D eigenvalue weighted by Crippen LogP contribution is 2.06. The molecule has 0 aliphatic heterocycles. The molecule has 4 heteroatoms. The van der Waals surface area contributed by atoms with Gasteiger partial charge >= 0.3 is 0 Å². The van der Waals surface area contributed by atoms with E-state index in [0.717, 1.165) is 30.2 Å². The Bertz CT molecular complexity index is 479. The number of rotatable bonds is 5. The van der Waals surface area contributed by atoms with E-state index in [2.05, 4.69) is 15.3 Å². The van der Waals surface area contributed by atoms with Crippen LogP contribution in [0.4, 0.5) is 4.39 Å². The van der Waals surface area contributed by atoms with Crippen LogP contribution in [0.25, 0.3) is 0 Å². The highest BCUT2D eigenvalue weighted by Gasteiger charge is 2.00. The van der Waals surface area contributed by atoms with Gasteiger partial charge in [-0.1, -0.05) is 18.2 Å². The standard InChI is InChI=1S/C13H16FN3/c1-10-16-9-12(17-10)8-15-7-6-11-4-2-3-5-13(11)14/h2-5,9,15H,6-8H2,1H3,(H,16,17). The first-order valence-electron chi connectivity index (χ1n) is 5.70. The first kappa shape index (κ1) is 11.8. The maximum Gasteiger partial charge on any atom is 0.126 e. The fourth-order valence-corrected chi connectivity index (χ4v) is 1.71. The summed E-state index contributed by atoms with van der Waals surface area (Å²) < 4.78 is 13.3. The highest BCUT2D eigenvalue weighted by molar-refractivity contribution is 5.17. The summed E-state index contributed by atoms with van der Waals surface area (Å²) >= 11 is 0. The summed E-state index contributed by atoms with van der Waals surface area (Å²) in [6, 6.07) is 6.88. The Kier molecular flexibility index (Phi) is 3.88. The first-order valence-corrected chi connectivity index (χ1v) is 5.70. The van der Waals surface area contributed by atoms with E-state index >= 15 is 0 Å². The van der Waals surface area contributed by atoms with Crippen molar-refractivity contribution in [3.8, 4) is 0 Å². The molecule has 2 N–H and O–H groups in total.